The predicted molar refractivity (Wildman–Crippen MR) is 133 cm³/mol. The summed E-state index contributed by atoms with van der Waals surface area (Å²) in [6.45, 7) is 3.19. The molecule has 180 valence electrons. The first-order valence-electron chi connectivity index (χ1n) is 10.6. The van der Waals surface area contributed by atoms with E-state index < -0.39 is 0 Å². The number of carbonyl (C=O) groups is 1. The number of anilines is 1. The number of benzene rings is 1. The molecule has 1 saturated heterocycles. The Balaban J connectivity index is 0.00000204. The van der Waals surface area contributed by atoms with Crippen molar-refractivity contribution in [2.45, 2.75) is 12.8 Å². The Kier molecular flexibility index (Phi) is 10.8. The summed E-state index contributed by atoms with van der Waals surface area (Å²) >= 11 is 0. The number of morpholine rings is 1. The van der Waals surface area contributed by atoms with Gasteiger partial charge in [-0.1, -0.05) is 11.8 Å². The molecule has 0 atom stereocenters. The monoisotopic (exact) mass is 505 g/mol. The standard InChI is InChI=1S/C24H24FN5O2.2ClH/c25-22-7-4-18(5-8-22)3-6-20-14-21(17-27-23(20)30-10-12-32-13-11-30)24(31)26-9-1-2-19-15-28-29-16-19;;/h4-5,7-8,14-17H,1-2,9-13H2,(H,26,31)(H,28,29);2*1H. The second-order valence-electron chi connectivity index (χ2n) is 7.42. The zero-order valence-electron chi connectivity index (χ0n) is 18.4. The molecule has 3 heterocycles. The molecule has 0 saturated carbocycles. The van der Waals surface area contributed by atoms with Crippen LogP contribution in [-0.2, 0) is 11.2 Å². The Labute approximate surface area is 210 Å². The number of aromatic amines is 1. The van der Waals surface area contributed by atoms with Gasteiger partial charge in [0, 0.05) is 37.6 Å². The van der Waals surface area contributed by atoms with E-state index in [1.807, 2.05) is 6.20 Å². The smallest absolute Gasteiger partial charge is 0.252 e. The van der Waals surface area contributed by atoms with E-state index in [9.17, 15) is 9.18 Å². The number of nitrogens with zero attached hydrogens (tertiary/aromatic N) is 3. The number of carbonyl (C=O) groups excluding carboxylic acids is 1. The molecule has 1 amide bonds. The SMILES string of the molecule is Cl.Cl.O=C(NCCCc1cn[nH]c1)c1cnc(N2CCOCC2)c(C#Cc2ccc(F)cc2)c1. The zero-order valence-corrected chi connectivity index (χ0v) is 20.1. The average Bonchev–Trinajstić information content (AvgIpc) is 3.35. The van der Waals surface area contributed by atoms with Crippen molar-refractivity contribution in [2.24, 2.45) is 0 Å². The van der Waals surface area contributed by atoms with Crippen LogP contribution in [0.15, 0.2) is 48.9 Å². The summed E-state index contributed by atoms with van der Waals surface area (Å²) in [7, 11) is 0. The van der Waals surface area contributed by atoms with Crippen LogP contribution in [0.1, 0.15) is 33.5 Å². The Bertz CT molecular complexity index is 1110. The number of amides is 1. The van der Waals surface area contributed by atoms with Crippen molar-refractivity contribution in [1.29, 1.82) is 0 Å². The van der Waals surface area contributed by atoms with E-state index in [-0.39, 0.29) is 36.5 Å². The molecule has 0 radical (unpaired) electrons. The van der Waals surface area contributed by atoms with E-state index in [0.717, 1.165) is 24.2 Å². The molecule has 4 rings (SSSR count). The summed E-state index contributed by atoms with van der Waals surface area (Å²) in [5.74, 6) is 6.39. The fourth-order valence-corrected chi connectivity index (χ4v) is 3.38. The summed E-state index contributed by atoms with van der Waals surface area (Å²) in [5.41, 5.74) is 2.90. The molecule has 1 aliphatic heterocycles. The maximum absolute atomic E-state index is 13.2. The van der Waals surface area contributed by atoms with Gasteiger partial charge >= 0.3 is 0 Å². The number of rotatable bonds is 6. The van der Waals surface area contributed by atoms with Crippen LogP contribution in [0.5, 0.6) is 0 Å². The third-order valence-electron chi connectivity index (χ3n) is 5.11. The van der Waals surface area contributed by atoms with E-state index in [0.29, 0.717) is 49.5 Å². The second kappa shape index (κ2) is 13.6. The minimum Gasteiger partial charge on any atom is -0.378 e. The summed E-state index contributed by atoms with van der Waals surface area (Å²) in [6.07, 6.45) is 6.85. The van der Waals surface area contributed by atoms with Gasteiger partial charge in [-0.3, -0.25) is 9.89 Å². The molecule has 1 fully saturated rings. The number of aryl methyl sites for hydroxylation is 1. The number of ether oxygens (including phenoxy) is 1. The molecule has 1 aliphatic rings. The lowest BCUT2D eigenvalue weighted by molar-refractivity contribution is 0.0952. The third kappa shape index (κ3) is 7.45. The zero-order chi connectivity index (χ0) is 22.2. The van der Waals surface area contributed by atoms with Crippen LogP contribution in [0.25, 0.3) is 0 Å². The Morgan fingerprint density at radius 2 is 1.91 bits per heavy atom. The highest BCUT2D eigenvalue weighted by molar-refractivity contribution is 5.94. The Morgan fingerprint density at radius 1 is 1.15 bits per heavy atom. The minimum absolute atomic E-state index is 0. The van der Waals surface area contributed by atoms with Crippen molar-refractivity contribution in [3.8, 4) is 11.8 Å². The van der Waals surface area contributed by atoms with E-state index in [4.69, 9.17) is 4.74 Å². The number of H-pyrrole nitrogens is 1. The van der Waals surface area contributed by atoms with Gasteiger partial charge in [0.2, 0.25) is 0 Å². The second-order valence-corrected chi connectivity index (χ2v) is 7.42. The van der Waals surface area contributed by atoms with Crippen LogP contribution in [0, 0.1) is 17.7 Å². The van der Waals surface area contributed by atoms with Gasteiger partial charge in [0.15, 0.2) is 0 Å². The van der Waals surface area contributed by atoms with E-state index in [1.165, 1.54) is 12.1 Å². The Morgan fingerprint density at radius 3 is 2.62 bits per heavy atom. The third-order valence-corrected chi connectivity index (χ3v) is 5.11. The van der Waals surface area contributed by atoms with E-state index in [2.05, 4.69) is 37.2 Å². The first-order chi connectivity index (χ1) is 15.7. The quantitative estimate of drug-likeness (QED) is 0.396. The van der Waals surface area contributed by atoms with Gasteiger partial charge in [-0.05, 0) is 48.7 Å². The maximum atomic E-state index is 13.2. The number of nitrogens with one attached hydrogen (secondary N) is 2. The number of aromatic nitrogens is 3. The predicted octanol–water partition coefficient (Wildman–Crippen LogP) is 3.39. The molecule has 1 aromatic carbocycles. The average molecular weight is 506 g/mol. The molecule has 0 unspecified atom stereocenters. The molecular formula is C24H26Cl2FN5O2. The van der Waals surface area contributed by atoms with Crippen molar-refractivity contribution in [3.05, 3.63) is 77.0 Å². The van der Waals surface area contributed by atoms with Crippen molar-refractivity contribution in [2.75, 3.05) is 37.7 Å². The van der Waals surface area contributed by atoms with Crippen molar-refractivity contribution in [3.63, 3.8) is 0 Å². The molecule has 34 heavy (non-hydrogen) atoms. The topological polar surface area (TPSA) is 83.1 Å². The van der Waals surface area contributed by atoms with Crippen LogP contribution in [0.2, 0.25) is 0 Å². The Hall–Kier alpha value is -3.12. The fraction of sp³-hybridized carbons (Fsp3) is 0.292. The molecule has 3 aromatic rings. The summed E-state index contributed by atoms with van der Waals surface area (Å²) in [4.78, 5) is 19.3. The minimum atomic E-state index is -0.308. The van der Waals surface area contributed by atoms with Crippen LogP contribution in [0.4, 0.5) is 10.2 Å². The number of hydrogen-bond acceptors (Lipinski definition) is 5. The lowest BCUT2D eigenvalue weighted by atomic mass is 10.1. The first kappa shape index (κ1) is 27.1. The van der Waals surface area contributed by atoms with Gasteiger partial charge in [-0.2, -0.15) is 5.10 Å². The van der Waals surface area contributed by atoms with Gasteiger partial charge < -0.3 is 15.0 Å². The van der Waals surface area contributed by atoms with Gasteiger partial charge in [0.25, 0.3) is 5.91 Å². The van der Waals surface area contributed by atoms with Gasteiger partial charge in [0.05, 0.1) is 30.5 Å². The van der Waals surface area contributed by atoms with Gasteiger partial charge in [-0.15, -0.1) is 24.8 Å². The van der Waals surface area contributed by atoms with E-state index >= 15 is 0 Å². The molecule has 0 spiro atoms. The van der Waals surface area contributed by atoms with Crippen LogP contribution in [-0.4, -0.2) is 53.9 Å². The van der Waals surface area contributed by atoms with E-state index in [1.54, 1.807) is 30.6 Å². The van der Waals surface area contributed by atoms with Crippen LogP contribution < -0.4 is 10.2 Å². The highest BCUT2D eigenvalue weighted by Gasteiger charge is 2.17. The van der Waals surface area contributed by atoms with Crippen LogP contribution >= 0.6 is 24.8 Å². The first-order valence-corrected chi connectivity index (χ1v) is 10.6. The van der Waals surface area contributed by atoms with Crippen molar-refractivity contribution in [1.82, 2.24) is 20.5 Å². The van der Waals surface area contributed by atoms with Gasteiger partial charge in [-0.25, -0.2) is 9.37 Å². The highest BCUT2D eigenvalue weighted by Crippen LogP contribution is 2.20. The molecule has 2 N–H and O–H groups in total. The lowest BCUT2D eigenvalue weighted by Crippen LogP contribution is -2.37. The molecule has 7 nitrogen and oxygen atoms in total. The fourth-order valence-electron chi connectivity index (χ4n) is 3.38. The van der Waals surface area contributed by atoms with Crippen LogP contribution in [0.3, 0.4) is 0 Å². The summed E-state index contributed by atoms with van der Waals surface area (Å²) in [6, 6.07) is 7.76. The largest absolute Gasteiger partial charge is 0.378 e. The highest BCUT2D eigenvalue weighted by atomic mass is 35.5. The molecular weight excluding hydrogens is 480 g/mol. The maximum Gasteiger partial charge on any atom is 0.252 e. The summed E-state index contributed by atoms with van der Waals surface area (Å²) in [5, 5.41) is 9.64. The van der Waals surface area contributed by atoms with Crippen molar-refractivity contribution < 1.29 is 13.9 Å². The molecule has 2 aromatic heterocycles. The normalized spacial score (nSPS) is 12.6. The molecule has 0 bridgehead atoms. The molecule has 0 aliphatic carbocycles. The molecule has 10 heteroatoms. The lowest BCUT2D eigenvalue weighted by Gasteiger charge is -2.28. The summed E-state index contributed by atoms with van der Waals surface area (Å²) < 4.78 is 18.6. The van der Waals surface area contributed by atoms with Crippen molar-refractivity contribution >= 4 is 36.5 Å². The number of pyridine rings is 1. The number of hydrogen-bond donors (Lipinski definition) is 2. The van der Waals surface area contributed by atoms with Gasteiger partial charge in [0.1, 0.15) is 11.6 Å². The number of halogens is 3.